The number of nitrogens with one attached hydrogen (secondary N) is 1. The van der Waals surface area contributed by atoms with Gasteiger partial charge in [0.15, 0.2) is 0 Å². The standard InChI is InChI=1S/C20H25N3O.2ClH/c1-2-21-13-16-8-10-23(11-9-16)20(24)19-12-18(14-22-15-19)17-6-4-3-5-7-17;;/h3-7,12,14-16,21H,2,8-11,13H2,1H3;2*1H. The number of rotatable bonds is 5. The Morgan fingerprint density at radius 1 is 1.12 bits per heavy atom. The molecule has 1 aliphatic heterocycles. The highest BCUT2D eigenvalue weighted by Gasteiger charge is 2.23. The zero-order valence-electron chi connectivity index (χ0n) is 15.1. The van der Waals surface area contributed by atoms with Gasteiger partial charge in [-0.25, -0.2) is 0 Å². The van der Waals surface area contributed by atoms with E-state index >= 15 is 0 Å². The van der Waals surface area contributed by atoms with Crippen LogP contribution in [0.4, 0.5) is 0 Å². The Morgan fingerprint density at radius 3 is 2.46 bits per heavy atom. The normalized spacial score (nSPS) is 14.3. The molecule has 1 N–H and O–H groups in total. The number of aromatic nitrogens is 1. The Balaban J connectivity index is 0.00000169. The third-order valence-electron chi connectivity index (χ3n) is 4.68. The average molecular weight is 396 g/mol. The lowest BCUT2D eigenvalue weighted by molar-refractivity contribution is 0.0690. The third kappa shape index (κ3) is 5.70. The molecule has 0 aliphatic carbocycles. The molecule has 6 heteroatoms. The van der Waals surface area contributed by atoms with E-state index in [4.69, 9.17) is 0 Å². The molecule has 1 fully saturated rings. The highest BCUT2D eigenvalue weighted by Crippen LogP contribution is 2.22. The molecule has 0 radical (unpaired) electrons. The van der Waals surface area contributed by atoms with Gasteiger partial charge in [0.05, 0.1) is 5.56 Å². The Hall–Kier alpha value is -1.62. The van der Waals surface area contributed by atoms with Crippen molar-refractivity contribution in [3.63, 3.8) is 0 Å². The van der Waals surface area contributed by atoms with E-state index in [1.807, 2.05) is 47.5 Å². The Morgan fingerprint density at radius 2 is 1.81 bits per heavy atom. The molecule has 1 amide bonds. The van der Waals surface area contributed by atoms with Gasteiger partial charge in [-0.1, -0.05) is 37.3 Å². The van der Waals surface area contributed by atoms with E-state index in [1.54, 1.807) is 6.20 Å². The van der Waals surface area contributed by atoms with Crippen LogP contribution >= 0.6 is 24.8 Å². The summed E-state index contributed by atoms with van der Waals surface area (Å²) in [4.78, 5) is 19.0. The molecule has 0 spiro atoms. The van der Waals surface area contributed by atoms with E-state index in [0.717, 1.165) is 50.1 Å². The number of piperidine rings is 1. The van der Waals surface area contributed by atoms with Gasteiger partial charge in [-0.05, 0) is 43.5 Å². The maximum atomic E-state index is 12.8. The number of hydrogen-bond donors (Lipinski definition) is 1. The lowest BCUT2D eigenvalue weighted by Crippen LogP contribution is -2.40. The maximum absolute atomic E-state index is 12.8. The van der Waals surface area contributed by atoms with Crippen LogP contribution < -0.4 is 5.32 Å². The predicted octanol–water partition coefficient (Wildman–Crippen LogP) is 4.05. The minimum atomic E-state index is 0. The SMILES string of the molecule is CCNCC1CCN(C(=O)c2cncc(-c3ccccc3)c2)CC1.Cl.Cl. The summed E-state index contributed by atoms with van der Waals surface area (Å²) in [6.07, 6.45) is 5.64. The van der Waals surface area contributed by atoms with Gasteiger partial charge in [-0.3, -0.25) is 9.78 Å². The van der Waals surface area contributed by atoms with Crippen LogP contribution in [-0.4, -0.2) is 42.0 Å². The van der Waals surface area contributed by atoms with Crippen LogP contribution in [0, 0.1) is 5.92 Å². The van der Waals surface area contributed by atoms with Crippen LogP contribution in [0.1, 0.15) is 30.1 Å². The summed E-state index contributed by atoms with van der Waals surface area (Å²) in [6.45, 7) is 5.88. The first-order valence-electron chi connectivity index (χ1n) is 8.78. The molecule has 1 aromatic carbocycles. The fourth-order valence-electron chi connectivity index (χ4n) is 3.22. The van der Waals surface area contributed by atoms with Crippen molar-refractivity contribution in [3.05, 3.63) is 54.4 Å². The number of nitrogens with zero attached hydrogens (tertiary/aromatic N) is 2. The van der Waals surface area contributed by atoms with E-state index < -0.39 is 0 Å². The van der Waals surface area contributed by atoms with Crippen molar-refractivity contribution in [1.29, 1.82) is 0 Å². The highest BCUT2D eigenvalue weighted by atomic mass is 35.5. The zero-order valence-corrected chi connectivity index (χ0v) is 16.7. The van der Waals surface area contributed by atoms with Crippen LogP contribution in [0.25, 0.3) is 11.1 Å². The molecule has 2 aromatic rings. The molecule has 1 aromatic heterocycles. The van der Waals surface area contributed by atoms with Crippen molar-refractivity contribution in [2.24, 2.45) is 5.92 Å². The fraction of sp³-hybridized carbons (Fsp3) is 0.400. The minimum Gasteiger partial charge on any atom is -0.339 e. The number of likely N-dealkylation sites (tertiary alicyclic amines) is 1. The van der Waals surface area contributed by atoms with Gasteiger partial charge in [-0.15, -0.1) is 24.8 Å². The van der Waals surface area contributed by atoms with E-state index in [9.17, 15) is 4.79 Å². The van der Waals surface area contributed by atoms with Crippen LogP contribution in [0.2, 0.25) is 0 Å². The molecule has 1 aliphatic rings. The topological polar surface area (TPSA) is 45.2 Å². The van der Waals surface area contributed by atoms with E-state index in [2.05, 4.69) is 17.2 Å². The van der Waals surface area contributed by atoms with E-state index in [-0.39, 0.29) is 30.7 Å². The van der Waals surface area contributed by atoms with Crippen LogP contribution in [-0.2, 0) is 0 Å². The molecule has 2 heterocycles. The fourth-order valence-corrected chi connectivity index (χ4v) is 3.22. The Labute approximate surface area is 168 Å². The molecule has 0 saturated carbocycles. The van der Waals surface area contributed by atoms with E-state index in [0.29, 0.717) is 11.5 Å². The second-order valence-electron chi connectivity index (χ2n) is 6.37. The molecule has 4 nitrogen and oxygen atoms in total. The Bertz CT molecular complexity index is 674. The molecule has 0 atom stereocenters. The first-order chi connectivity index (χ1) is 11.8. The van der Waals surface area contributed by atoms with Gasteiger partial charge in [0, 0.05) is 31.0 Å². The predicted molar refractivity (Wildman–Crippen MR) is 111 cm³/mol. The average Bonchev–Trinajstić information content (AvgIpc) is 2.67. The molecule has 142 valence electrons. The molecule has 1 saturated heterocycles. The van der Waals surface area contributed by atoms with Crippen LogP contribution in [0.3, 0.4) is 0 Å². The molecule has 0 unspecified atom stereocenters. The zero-order chi connectivity index (χ0) is 16.8. The molecule has 3 rings (SSSR count). The lowest BCUT2D eigenvalue weighted by atomic mass is 9.96. The second-order valence-corrected chi connectivity index (χ2v) is 6.37. The maximum Gasteiger partial charge on any atom is 0.255 e. The summed E-state index contributed by atoms with van der Waals surface area (Å²) in [5, 5.41) is 3.41. The molecular formula is C20H27Cl2N3O. The number of carbonyl (C=O) groups is 1. The van der Waals surface area contributed by atoms with Crippen LogP contribution in [0.15, 0.2) is 48.8 Å². The van der Waals surface area contributed by atoms with Crippen LogP contribution in [0.5, 0.6) is 0 Å². The Kier molecular flexibility index (Phi) is 9.63. The number of halogens is 2. The van der Waals surface area contributed by atoms with Crippen molar-refractivity contribution in [1.82, 2.24) is 15.2 Å². The van der Waals surface area contributed by atoms with Gasteiger partial charge in [0.2, 0.25) is 0 Å². The van der Waals surface area contributed by atoms with Gasteiger partial charge >= 0.3 is 0 Å². The van der Waals surface area contributed by atoms with Crippen molar-refractivity contribution in [3.8, 4) is 11.1 Å². The minimum absolute atomic E-state index is 0. The van der Waals surface area contributed by atoms with Crippen molar-refractivity contribution in [2.45, 2.75) is 19.8 Å². The summed E-state index contributed by atoms with van der Waals surface area (Å²) in [7, 11) is 0. The molecular weight excluding hydrogens is 369 g/mol. The van der Waals surface area contributed by atoms with Crippen molar-refractivity contribution < 1.29 is 4.79 Å². The number of amides is 1. The van der Waals surface area contributed by atoms with E-state index in [1.165, 1.54) is 0 Å². The smallest absolute Gasteiger partial charge is 0.255 e. The highest BCUT2D eigenvalue weighted by molar-refractivity contribution is 5.95. The summed E-state index contributed by atoms with van der Waals surface area (Å²) >= 11 is 0. The molecule has 0 bridgehead atoms. The first kappa shape index (κ1) is 22.4. The monoisotopic (exact) mass is 395 g/mol. The largest absolute Gasteiger partial charge is 0.339 e. The first-order valence-corrected chi connectivity index (χ1v) is 8.78. The third-order valence-corrected chi connectivity index (χ3v) is 4.68. The summed E-state index contributed by atoms with van der Waals surface area (Å²) in [5.74, 6) is 0.782. The summed E-state index contributed by atoms with van der Waals surface area (Å²) in [6, 6.07) is 12.0. The second kappa shape index (κ2) is 11.2. The van der Waals surface area contributed by atoms with Gasteiger partial charge in [0.25, 0.3) is 5.91 Å². The number of benzene rings is 1. The number of pyridine rings is 1. The van der Waals surface area contributed by atoms with Crippen molar-refractivity contribution >= 4 is 30.7 Å². The molecule has 26 heavy (non-hydrogen) atoms. The number of carbonyl (C=O) groups excluding carboxylic acids is 1. The summed E-state index contributed by atoms with van der Waals surface area (Å²) < 4.78 is 0. The lowest BCUT2D eigenvalue weighted by Gasteiger charge is -2.32. The van der Waals surface area contributed by atoms with Gasteiger partial charge in [-0.2, -0.15) is 0 Å². The van der Waals surface area contributed by atoms with Crippen molar-refractivity contribution in [2.75, 3.05) is 26.2 Å². The number of hydrogen-bond acceptors (Lipinski definition) is 3. The summed E-state index contributed by atoms with van der Waals surface area (Å²) in [5.41, 5.74) is 2.76. The van der Waals surface area contributed by atoms with Gasteiger partial charge in [0.1, 0.15) is 0 Å². The quantitative estimate of drug-likeness (QED) is 0.829. The van der Waals surface area contributed by atoms with Gasteiger partial charge < -0.3 is 10.2 Å².